The third-order valence-corrected chi connectivity index (χ3v) is 5.55. The van der Waals surface area contributed by atoms with E-state index in [-0.39, 0.29) is 34.7 Å². The molecule has 2 aromatic carbocycles. The van der Waals surface area contributed by atoms with Crippen molar-refractivity contribution in [3.05, 3.63) is 48.5 Å². The van der Waals surface area contributed by atoms with Crippen molar-refractivity contribution < 1.29 is 22.8 Å². The van der Waals surface area contributed by atoms with Crippen LogP contribution in [0.4, 0.5) is 24.5 Å². The number of anilines is 2. The zero-order chi connectivity index (χ0) is 18.7. The summed E-state index contributed by atoms with van der Waals surface area (Å²) < 4.78 is 37.9. The van der Waals surface area contributed by atoms with E-state index in [1.165, 1.54) is 36.0 Å². The van der Waals surface area contributed by atoms with Gasteiger partial charge < -0.3 is 10.6 Å². The number of fused-ring (bicyclic) bond motifs is 1. The lowest BCUT2D eigenvalue weighted by molar-refractivity contribution is -0.120. The van der Waals surface area contributed by atoms with Gasteiger partial charge in [0.2, 0.25) is 11.8 Å². The quantitative estimate of drug-likeness (QED) is 0.731. The number of carbonyl (C=O) groups is 2. The Labute approximate surface area is 155 Å². The van der Waals surface area contributed by atoms with Crippen LogP contribution in [0, 0.1) is 0 Å². The van der Waals surface area contributed by atoms with Gasteiger partial charge in [0.05, 0.1) is 16.6 Å². The predicted molar refractivity (Wildman–Crippen MR) is 96.3 cm³/mol. The van der Waals surface area contributed by atoms with Gasteiger partial charge >= 0.3 is 5.51 Å². The highest BCUT2D eigenvalue weighted by atomic mass is 32.2. The first kappa shape index (κ1) is 18.7. The number of halogens is 3. The van der Waals surface area contributed by atoms with Gasteiger partial charge in [0.25, 0.3) is 0 Å². The van der Waals surface area contributed by atoms with Gasteiger partial charge in [0, 0.05) is 16.2 Å². The molecule has 0 bridgehead atoms. The van der Waals surface area contributed by atoms with E-state index in [0.717, 1.165) is 4.90 Å². The van der Waals surface area contributed by atoms with Crippen molar-refractivity contribution in [2.45, 2.75) is 27.0 Å². The number of benzene rings is 2. The van der Waals surface area contributed by atoms with E-state index in [9.17, 15) is 22.8 Å². The Balaban J connectivity index is 1.68. The first-order valence-electron chi connectivity index (χ1n) is 7.53. The molecule has 1 aliphatic rings. The zero-order valence-corrected chi connectivity index (χ0v) is 14.8. The molecule has 1 heterocycles. The van der Waals surface area contributed by atoms with Gasteiger partial charge in [-0.2, -0.15) is 13.2 Å². The molecular weight excluding hydrogens is 385 g/mol. The van der Waals surface area contributed by atoms with Gasteiger partial charge in [0.1, 0.15) is 0 Å². The van der Waals surface area contributed by atoms with Crippen LogP contribution >= 0.6 is 23.5 Å². The molecule has 136 valence electrons. The third-order valence-electron chi connectivity index (χ3n) is 3.46. The molecule has 0 saturated carbocycles. The SMILES string of the molecule is O=C(CC1Sc2ccccc2NC1=O)Nc1ccccc1SC(F)(F)F. The van der Waals surface area contributed by atoms with Crippen LogP contribution in [-0.4, -0.2) is 22.6 Å². The van der Waals surface area contributed by atoms with Gasteiger partial charge in [0.15, 0.2) is 0 Å². The summed E-state index contributed by atoms with van der Waals surface area (Å²) in [5, 5.41) is 4.55. The minimum atomic E-state index is -4.45. The van der Waals surface area contributed by atoms with E-state index in [4.69, 9.17) is 0 Å². The van der Waals surface area contributed by atoms with Crippen LogP contribution < -0.4 is 10.6 Å². The van der Waals surface area contributed by atoms with Crippen molar-refractivity contribution in [2.24, 2.45) is 0 Å². The molecular formula is C17H13F3N2O2S2. The molecule has 1 atom stereocenters. The highest BCUT2D eigenvalue weighted by Gasteiger charge is 2.31. The minimum Gasteiger partial charge on any atom is -0.325 e. The number of amides is 2. The van der Waals surface area contributed by atoms with E-state index >= 15 is 0 Å². The normalized spacial score (nSPS) is 16.6. The Hall–Kier alpha value is -2.13. The molecule has 26 heavy (non-hydrogen) atoms. The second-order valence-corrected chi connectivity index (χ2v) is 7.74. The van der Waals surface area contributed by atoms with Crippen LogP contribution in [0.1, 0.15) is 6.42 Å². The van der Waals surface area contributed by atoms with E-state index < -0.39 is 16.7 Å². The van der Waals surface area contributed by atoms with Gasteiger partial charge in [-0.3, -0.25) is 9.59 Å². The molecule has 0 aromatic heterocycles. The molecule has 3 rings (SSSR count). The van der Waals surface area contributed by atoms with Crippen LogP contribution in [0.15, 0.2) is 58.3 Å². The predicted octanol–water partition coefficient (Wildman–Crippen LogP) is 4.74. The van der Waals surface area contributed by atoms with Crippen molar-refractivity contribution in [2.75, 3.05) is 10.6 Å². The molecule has 0 spiro atoms. The summed E-state index contributed by atoms with van der Waals surface area (Å²) in [4.78, 5) is 25.1. The number of rotatable bonds is 4. The zero-order valence-electron chi connectivity index (χ0n) is 13.2. The molecule has 0 saturated heterocycles. The van der Waals surface area contributed by atoms with Gasteiger partial charge in [-0.1, -0.05) is 24.3 Å². The number of para-hydroxylation sites is 2. The molecule has 0 aliphatic carbocycles. The van der Waals surface area contributed by atoms with Crippen molar-refractivity contribution in [3.63, 3.8) is 0 Å². The molecule has 1 aliphatic heterocycles. The van der Waals surface area contributed by atoms with Gasteiger partial charge in [-0.05, 0) is 36.0 Å². The molecule has 0 radical (unpaired) electrons. The standard InChI is InChI=1S/C17H13F3N2O2S2/c18-17(19,20)26-13-8-4-2-6-11(13)21-15(23)9-14-16(24)22-10-5-1-3-7-12(10)25-14/h1-8,14H,9H2,(H,21,23)(H,22,24). The number of carbonyl (C=O) groups excluding carboxylic acids is 2. The summed E-state index contributed by atoms with van der Waals surface area (Å²) in [6, 6.07) is 12.9. The van der Waals surface area contributed by atoms with Crippen LogP contribution in [0.2, 0.25) is 0 Å². The summed E-state index contributed by atoms with van der Waals surface area (Å²) in [6.07, 6.45) is -0.143. The largest absolute Gasteiger partial charge is 0.446 e. The average Bonchev–Trinajstić information content (AvgIpc) is 2.56. The Kier molecular flexibility index (Phi) is 5.47. The lowest BCUT2D eigenvalue weighted by Crippen LogP contribution is -2.32. The first-order valence-corrected chi connectivity index (χ1v) is 9.22. The maximum absolute atomic E-state index is 12.6. The number of hydrogen-bond donors (Lipinski definition) is 2. The van der Waals surface area contributed by atoms with Crippen molar-refractivity contribution >= 4 is 46.7 Å². The third kappa shape index (κ3) is 4.73. The molecule has 2 amide bonds. The first-order chi connectivity index (χ1) is 12.3. The average molecular weight is 398 g/mol. The number of hydrogen-bond acceptors (Lipinski definition) is 4. The number of alkyl halides is 3. The smallest absolute Gasteiger partial charge is 0.325 e. The molecule has 2 N–H and O–H groups in total. The van der Waals surface area contributed by atoms with Crippen LogP contribution in [0.5, 0.6) is 0 Å². The summed E-state index contributed by atoms with van der Waals surface area (Å²) in [6.45, 7) is 0. The minimum absolute atomic E-state index is 0.0708. The fourth-order valence-electron chi connectivity index (χ4n) is 2.38. The van der Waals surface area contributed by atoms with Crippen molar-refractivity contribution in [3.8, 4) is 0 Å². The van der Waals surface area contributed by atoms with E-state index in [1.54, 1.807) is 12.1 Å². The second kappa shape index (κ2) is 7.63. The molecule has 9 heteroatoms. The summed E-state index contributed by atoms with van der Waals surface area (Å²) in [5.74, 6) is -0.825. The number of nitrogens with one attached hydrogen (secondary N) is 2. The second-order valence-electron chi connectivity index (χ2n) is 5.39. The fraction of sp³-hybridized carbons (Fsp3) is 0.176. The highest BCUT2D eigenvalue weighted by Crippen LogP contribution is 2.41. The van der Waals surface area contributed by atoms with Crippen LogP contribution in [0.3, 0.4) is 0 Å². The highest BCUT2D eigenvalue weighted by molar-refractivity contribution is 8.01. The fourth-order valence-corrected chi connectivity index (χ4v) is 4.12. The van der Waals surface area contributed by atoms with E-state index in [0.29, 0.717) is 5.69 Å². The maximum Gasteiger partial charge on any atom is 0.446 e. The van der Waals surface area contributed by atoms with E-state index in [1.807, 2.05) is 12.1 Å². The monoisotopic (exact) mass is 398 g/mol. The summed E-state index contributed by atoms with van der Waals surface area (Å²) >= 11 is 0.968. The Morgan fingerprint density at radius 3 is 2.62 bits per heavy atom. The molecule has 0 fully saturated rings. The van der Waals surface area contributed by atoms with Gasteiger partial charge in [-0.15, -0.1) is 11.8 Å². The van der Waals surface area contributed by atoms with Crippen LogP contribution in [-0.2, 0) is 9.59 Å². The number of thioether (sulfide) groups is 2. The maximum atomic E-state index is 12.6. The van der Waals surface area contributed by atoms with Gasteiger partial charge in [-0.25, -0.2) is 0 Å². The molecule has 2 aromatic rings. The lowest BCUT2D eigenvalue weighted by atomic mass is 10.2. The van der Waals surface area contributed by atoms with Crippen molar-refractivity contribution in [1.29, 1.82) is 0 Å². The Morgan fingerprint density at radius 2 is 1.85 bits per heavy atom. The summed E-state index contributed by atoms with van der Waals surface area (Å²) in [5.41, 5.74) is -3.70. The Bertz CT molecular complexity index is 843. The lowest BCUT2D eigenvalue weighted by Gasteiger charge is -2.23. The molecule has 4 nitrogen and oxygen atoms in total. The topological polar surface area (TPSA) is 58.2 Å². The van der Waals surface area contributed by atoms with E-state index in [2.05, 4.69) is 10.6 Å². The van der Waals surface area contributed by atoms with Crippen molar-refractivity contribution in [1.82, 2.24) is 0 Å². The summed E-state index contributed by atoms with van der Waals surface area (Å²) in [7, 11) is 0. The van der Waals surface area contributed by atoms with Crippen LogP contribution in [0.25, 0.3) is 0 Å². The molecule has 1 unspecified atom stereocenters. The Morgan fingerprint density at radius 1 is 1.15 bits per heavy atom.